The maximum atomic E-state index is 12.2. The fourth-order valence-corrected chi connectivity index (χ4v) is 3.28. The minimum atomic E-state index is -0.973. The van der Waals surface area contributed by atoms with Gasteiger partial charge in [0.1, 0.15) is 0 Å². The molecule has 0 unspecified atom stereocenters. The maximum Gasteiger partial charge on any atom is 0.335 e. The molecule has 1 heterocycles. The van der Waals surface area contributed by atoms with Gasteiger partial charge in [0.05, 0.1) is 16.5 Å². The molecule has 0 saturated heterocycles. The highest BCUT2D eigenvalue weighted by Gasteiger charge is 2.12. The van der Waals surface area contributed by atoms with Gasteiger partial charge in [-0.05, 0) is 42.8 Å². The lowest BCUT2D eigenvalue weighted by Crippen LogP contribution is -2.12. The number of nitrogens with two attached hydrogens (primary N) is 1. The summed E-state index contributed by atoms with van der Waals surface area (Å²) < 4.78 is 0. The van der Waals surface area contributed by atoms with Crippen molar-refractivity contribution >= 4 is 34.6 Å². The number of carbonyl (C=O) groups is 1. The SMILES string of the molecule is Cc1ccc2nc(N)[nH]c(=O)c2c1Sc1ccc(C(=O)O)cc1. The summed E-state index contributed by atoms with van der Waals surface area (Å²) in [7, 11) is 0. The van der Waals surface area contributed by atoms with Crippen LogP contribution >= 0.6 is 11.8 Å². The number of rotatable bonds is 3. The topological polar surface area (TPSA) is 109 Å². The number of H-pyrrole nitrogens is 1. The lowest BCUT2D eigenvalue weighted by atomic mass is 10.1. The van der Waals surface area contributed by atoms with E-state index >= 15 is 0 Å². The molecule has 1 aromatic heterocycles. The zero-order valence-corrected chi connectivity index (χ0v) is 13.0. The first-order valence-electron chi connectivity index (χ1n) is 6.76. The van der Waals surface area contributed by atoms with Crippen LogP contribution in [0.4, 0.5) is 5.95 Å². The molecule has 0 amide bonds. The number of carboxylic acid groups (broad SMARTS) is 1. The number of carboxylic acids is 1. The number of benzene rings is 2. The number of hydrogen-bond donors (Lipinski definition) is 3. The number of fused-ring (bicyclic) bond motifs is 1. The van der Waals surface area contributed by atoms with Gasteiger partial charge < -0.3 is 10.8 Å². The highest BCUT2D eigenvalue weighted by molar-refractivity contribution is 7.99. The van der Waals surface area contributed by atoms with Crippen molar-refractivity contribution in [1.82, 2.24) is 9.97 Å². The maximum absolute atomic E-state index is 12.2. The Kier molecular flexibility index (Phi) is 3.79. The fraction of sp³-hybridized carbons (Fsp3) is 0.0625. The number of aromatic carboxylic acids is 1. The van der Waals surface area contributed by atoms with E-state index in [9.17, 15) is 9.59 Å². The number of aryl methyl sites for hydroxylation is 1. The molecule has 0 bridgehead atoms. The molecule has 7 heteroatoms. The van der Waals surface area contributed by atoms with Gasteiger partial charge in [-0.3, -0.25) is 9.78 Å². The molecule has 0 aliphatic carbocycles. The summed E-state index contributed by atoms with van der Waals surface area (Å²) in [6.45, 7) is 1.91. The molecular weight excluding hydrogens is 314 g/mol. The summed E-state index contributed by atoms with van der Waals surface area (Å²) in [5.74, 6) is -0.896. The van der Waals surface area contributed by atoms with Gasteiger partial charge in [-0.15, -0.1) is 0 Å². The van der Waals surface area contributed by atoms with Crippen LogP contribution in [0, 0.1) is 6.92 Å². The van der Waals surface area contributed by atoms with E-state index in [4.69, 9.17) is 10.8 Å². The summed E-state index contributed by atoms with van der Waals surface area (Å²) in [6, 6.07) is 10.1. The second-order valence-corrected chi connectivity index (χ2v) is 6.07. The highest BCUT2D eigenvalue weighted by atomic mass is 32.2. The van der Waals surface area contributed by atoms with Crippen LogP contribution in [0.3, 0.4) is 0 Å². The van der Waals surface area contributed by atoms with E-state index in [1.165, 1.54) is 23.9 Å². The molecule has 0 aliphatic heterocycles. The van der Waals surface area contributed by atoms with E-state index in [-0.39, 0.29) is 17.1 Å². The van der Waals surface area contributed by atoms with Gasteiger partial charge in [0, 0.05) is 9.79 Å². The second-order valence-electron chi connectivity index (χ2n) is 4.99. The fourth-order valence-electron chi connectivity index (χ4n) is 2.24. The molecule has 6 nitrogen and oxygen atoms in total. The minimum Gasteiger partial charge on any atom is -0.478 e. The van der Waals surface area contributed by atoms with E-state index < -0.39 is 5.97 Å². The zero-order chi connectivity index (χ0) is 16.6. The smallest absolute Gasteiger partial charge is 0.335 e. The Bertz CT molecular complexity index is 965. The van der Waals surface area contributed by atoms with Crippen LogP contribution in [0.2, 0.25) is 0 Å². The van der Waals surface area contributed by atoms with E-state index in [1.807, 2.05) is 13.0 Å². The first-order chi connectivity index (χ1) is 11.0. The Morgan fingerprint density at radius 1 is 1.22 bits per heavy atom. The molecule has 0 atom stereocenters. The molecule has 4 N–H and O–H groups in total. The van der Waals surface area contributed by atoms with Crippen LogP contribution in [0.5, 0.6) is 0 Å². The van der Waals surface area contributed by atoms with E-state index in [2.05, 4.69) is 9.97 Å². The summed E-state index contributed by atoms with van der Waals surface area (Å²) in [5.41, 5.74) is 6.97. The summed E-state index contributed by atoms with van der Waals surface area (Å²) in [4.78, 5) is 31.4. The second kappa shape index (κ2) is 5.77. The first-order valence-corrected chi connectivity index (χ1v) is 7.57. The molecule has 2 aromatic carbocycles. The van der Waals surface area contributed by atoms with Gasteiger partial charge in [-0.2, -0.15) is 0 Å². The van der Waals surface area contributed by atoms with Crippen LogP contribution < -0.4 is 11.3 Å². The van der Waals surface area contributed by atoms with Crippen LogP contribution in [-0.4, -0.2) is 21.0 Å². The third-order valence-corrected chi connectivity index (χ3v) is 4.60. The Morgan fingerprint density at radius 3 is 2.57 bits per heavy atom. The van der Waals surface area contributed by atoms with Gasteiger partial charge in [0.15, 0.2) is 0 Å². The Morgan fingerprint density at radius 2 is 1.91 bits per heavy atom. The van der Waals surface area contributed by atoms with E-state index in [1.54, 1.807) is 18.2 Å². The molecule has 0 spiro atoms. The molecule has 0 saturated carbocycles. The van der Waals surface area contributed by atoms with Gasteiger partial charge in [-0.1, -0.05) is 17.8 Å². The van der Waals surface area contributed by atoms with Gasteiger partial charge >= 0.3 is 5.97 Å². The van der Waals surface area contributed by atoms with Crippen molar-refractivity contribution in [1.29, 1.82) is 0 Å². The van der Waals surface area contributed by atoms with Crippen molar-refractivity contribution in [2.75, 3.05) is 5.73 Å². The van der Waals surface area contributed by atoms with Gasteiger partial charge in [-0.25, -0.2) is 9.78 Å². The van der Waals surface area contributed by atoms with Crippen molar-refractivity contribution in [2.45, 2.75) is 16.7 Å². The number of aromatic nitrogens is 2. The van der Waals surface area contributed by atoms with Crippen molar-refractivity contribution < 1.29 is 9.90 Å². The number of nitrogens with zero attached hydrogens (tertiary/aromatic N) is 1. The number of nitrogen functional groups attached to an aromatic ring is 1. The highest BCUT2D eigenvalue weighted by Crippen LogP contribution is 2.34. The monoisotopic (exact) mass is 327 g/mol. The Labute approximate surface area is 135 Å². The van der Waals surface area contributed by atoms with Crippen LogP contribution in [0.1, 0.15) is 15.9 Å². The van der Waals surface area contributed by atoms with Gasteiger partial charge in [0.2, 0.25) is 5.95 Å². The Hall–Kier alpha value is -2.80. The van der Waals surface area contributed by atoms with Crippen molar-refractivity contribution in [3.63, 3.8) is 0 Å². The molecule has 116 valence electrons. The van der Waals surface area contributed by atoms with Crippen molar-refractivity contribution in [3.05, 3.63) is 57.9 Å². The predicted molar refractivity (Wildman–Crippen MR) is 89.0 cm³/mol. The molecule has 0 radical (unpaired) electrons. The van der Waals surface area contributed by atoms with Crippen LogP contribution in [-0.2, 0) is 0 Å². The zero-order valence-electron chi connectivity index (χ0n) is 12.2. The number of hydrogen-bond acceptors (Lipinski definition) is 5. The summed E-state index contributed by atoms with van der Waals surface area (Å²) in [6.07, 6.45) is 0. The quantitative estimate of drug-likeness (QED) is 0.682. The predicted octanol–water partition coefficient (Wildman–Crippen LogP) is 2.66. The van der Waals surface area contributed by atoms with Gasteiger partial charge in [0.25, 0.3) is 5.56 Å². The van der Waals surface area contributed by atoms with E-state index in [0.29, 0.717) is 10.9 Å². The Balaban J connectivity index is 2.10. The normalized spacial score (nSPS) is 10.8. The standard InChI is InChI=1S/C16H13N3O3S/c1-8-2-7-11-12(14(20)19-16(17)18-11)13(8)23-10-5-3-9(4-6-10)15(21)22/h2-7H,1H3,(H,21,22)(H3,17,18,19,20). The molecule has 0 fully saturated rings. The number of anilines is 1. The molecular formula is C16H13N3O3S. The first kappa shape index (κ1) is 15.1. The average molecular weight is 327 g/mol. The average Bonchev–Trinajstić information content (AvgIpc) is 2.50. The minimum absolute atomic E-state index is 0.0770. The molecule has 23 heavy (non-hydrogen) atoms. The van der Waals surface area contributed by atoms with E-state index in [0.717, 1.165) is 15.4 Å². The molecule has 0 aliphatic rings. The van der Waals surface area contributed by atoms with Crippen molar-refractivity contribution in [2.24, 2.45) is 0 Å². The lowest BCUT2D eigenvalue weighted by Gasteiger charge is -2.09. The summed E-state index contributed by atoms with van der Waals surface area (Å²) >= 11 is 1.39. The molecule has 3 rings (SSSR count). The van der Waals surface area contributed by atoms with Crippen molar-refractivity contribution in [3.8, 4) is 0 Å². The number of aromatic amines is 1. The third kappa shape index (κ3) is 2.91. The van der Waals surface area contributed by atoms with Crippen LogP contribution in [0.15, 0.2) is 51.0 Å². The third-order valence-electron chi connectivity index (χ3n) is 3.36. The molecule has 3 aromatic rings. The largest absolute Gasteiger partial charge is 0.478 e. The summed E-state index contributed by atoms with van der Waals surface area (Å²) in [5, 5.41) is 9.42. The number of nitrogens with one attached hydrogen (secondary N) is 1. The lowest BCUT2D eigenvalue weighted by molar-refractivity contribution is 0.0697. The van der Waals surface area contributed by atoms with Crippen LogP contribution in [0.25, 0.3) is 10.9 Å².